The maximum Gasteiger partial charge on any atom is 0.472 e. The molecule has 0 amide bonds. The number of phosphoric acid groups is 2. The van der Waals surface area contributed by atoms with E-state index >= 15 is 0 Å². The third-order valence-electron chi connectivity index (χ3n) is 14.8. The number of aliphatic hydroxyl groups is 2. The van der Waals surface area contributed by atoms with Crippen LogP contribution >= 0.6 is 15.6 Å². The molecule has 4 N–H and O–H groups in total. The Bertz CT molecular complexity index is 2260. The second-order valence-corrected chi connectivity index (χ2v) is 26.9. The standard InChI is InChI=1S/C77H130O16P2/c1-4-7-10-13-16-19-22-25-27-29-30-31-32-33-34-35-36-37-38-39-40-42-44-46-48-51-54-57-60-63-75(80)87-66-72(78)67-89-94(83,84)90-68-73(79)69-91-95(85,86)92-71-74(93-77(82)65-62-59-56-53-50-45-24-21-18-15-12-9-6-3)70-88-76(81)64-61-58-55-52-49-47-43-41-28-26-23-20-17-14-11-8-5-2/h7-8,10-12,15-17,19-21,24-28,30-31,33-34,36-37,72-74,78-79H,4-6,9,13-14,18,22-23,29,32,35,38-71H2,1-3H3,(H,83,84)(H,85,86)/b10-7-,11-8-,15-12-,19-16-,20-17-,24-21-,27-25-,28-26-,31-30-,34-33-,37-36-. The molecular weight excluding hydrogens is 1240 g/mol. The molecule has 18 heteroatoms. The molecule has 0 aromatic carbocycles. The van der Waals surface area contributed by atoms with Gasteiger partial charge in [0.25, 0.3) is 0 Å². The van der Waals surface area contributed by atoms with Crippen LogP contribution in [0.2, 0.25) is 0 Å². The van der Waals surface area contributed by atoms with Crippen molar-refractivity contribution < 1.29 is 75.8 Å². The second kappa shape index (κ2) is 69.6. The molecule has 0 aromatic rings. The Balaban J connectivity index is 4.50. The summed E-state index contributed by atoms with van der Waals surface area (Å²) in [6.07, 6.45) is 82.2. The van der Waals surface area contributed by atoms with Crippen molar-refractivity contribution in [3.63, 3.8) is 0 Å². The van der Waals surface area contributed by atoms with Gasteiger partial charge in [0, 0.05) is 19.3 Å². The first-order valence-corrected chi connectivity index (χ1v) is 39.5. The fourth-order valence-electron chi connectivity index (χ4n) is 9.33. The lowest BCUT2D eigenvalue weighted by atomic mass is 10.1. The molecule has 5 unspecified atom stereocenters. The van der Waals surface area contributed by atoms with Gasteiger partial charge in [-0.1, -0.05) is 264 Å². The Labute approximate surface area is 575 Å². The van der Waals surface area contributed by atoms with Gasteiger partial charge in [0.2, 0.25) is 0 Å². The summed E-state index contributed by atoms with van der Waals surface area (Å²) in [5.74, 6) is -1.61. The number of phosphoric ester groups is 2. The first-order valence-electron chi connectivity index (χ1n) is 36.5. The summed E-state index contributed by atoms with van der Waals surface area (Å²) in [5, 5.41) is 20.6. The van der Waals surface area contributed by atoms with Crippen LogP contribution in [0.3, 0.4) is 0 Å². The summed E-state index contributed by atoms with van der Waals surface area (Å²) in [6, 6.07) is 0. The Morgan fingerprint density at radius 2 is 0.558 bits per heavy atom. The molecule has 0 spiro atoms. The van der Waals surface area contributed by atoms with Crippen LogP contribution in [0.25, 0.3) is 0 Å². The second-order valence-electron chi connectivity index (χ2n) is 24.0. The molecule has 544 valence electrons. The molecule has 0 aliphatic rings. The van der Waals surface area contributed by atoms with Crippen molar-refractivity contribution >= 4 is 33.6 Å². The summed E-state index contributed by atoms with van der Waals surface area (Å²) in [7, 11) is -9.79. The zero-order chi connectivity index (χ0) is 69.5. The van der Waals surface area contributed by atoms with E-state index in [1.807, 2.05) is 0 Å². The molecule has 5 atom stereocenters. The van der Waals surface area contributed by atoms with Crippen molar-refractivity contribution in [1.82, 2.24) is 0 Å². The number of ether oxygens (including phenoxy) is 3. The maximum atomic E-state index is 12.9. The minimum absolute atomic E-state index is 0.0836. The number of allylic oxidation sites excluding steroid dienone is 22. The normalized spacial score (nSPS) is 14.9. The van der Waals surface area contributed by atoms with E-state index in [0.717, 1.165) is 186 Å². The Kier molecular flexibility index (Phi) is 66.4. The molecule has 0 rings (SSSR count). The van der Waals surface area contributed by atoms with Gasteiger partial charge in [-0.2, -0.15) is 0 Å². The molecule has 0 aliphatic carbocycles. The van der Waals surface area contributed by atoms with Gasteiger partial charge in [-0.05, 0) is 128 Å². The van der Waals surface area contributed by atoms with Crippen LogP contribution in [0.4, 0.5) is 0 Å². The third-order valence-corrected chi connectivity index (χ3v) is 16.7. The number of hydrogen-bond acceptors (Lipinski definition) is 14. The average Bonchev–Trinajstić information content (AvgIpc) is 3.76. The molecule has 0 fully saturated rings. The highest BCUT2D eigenvalue weighted by Crippen LogP contribution is 2.45. The highest BCUT2D eigenvalue weighted by atomic mass is 31.2. The van der Waals surface area contributed by atoms with Crippen LogP contribution in [0.5, 0.6) is 0 Å². The van der Waals surface area contributed by atoms with E-state index in [1.54, 1.807) is 0 Å². The van der Waals surface area contributed by atoms with Gasteiger partial charge in [-0.15, -0.1) is 0 Å². The highest BCUT2D eigenvalue weighted by Gasteiger charge is 2.29. The molecule has 0 heterocycles. The summed E-state index contributed by atoms with van der Waals surface area (Å²) in [6.45, 7) is 2.34. The molecule has 95 heavy (non-hydrogen) atoms. The van der Waals surface area contributed by atoms with Gasteiger partial charge < -0.3 is 34.2 Å². The molecular formula is C77H130O16P2. The number of aliphatic hydroxyl groups excluding tert-OH is 2. The number of carbonyl (C=O) groups excluding carboxylic acids is 3. The Morgan fingerprint density at radius 3 is 0.884 bits per heavy atom. The van der Waals surface area contributed by atoms with Crippen molar-refractivity contribution in [1.29, 1.82) is 0 Å². The van der Waals surface area contributed by atoms with Crippen molar-refractivity contribution in [2.45, 2.75) is 296 Å². The number of esters is 3. The smallest absolute Gasteiger partial charge is 0.463 e. The quantitative estimate of drug-likeness (QED) is 0.0146. The van der Waals surface area contributed by atoms with Crippen LogP contribution in [-0.2, 0) is 55.8 Å². The SMILES string of the molecule is CC/C=C\C/C=C\C/C=C\C/C=C\C/C=C\C/C=C\CCCCCCCCCCCCC(=O)OCC(O)COP(=O)(O)OCC(O)COP(=O)(O)OCC(COC(=O)CCCCCCCCC/C=C\C/C=C\C/C=C\CC)OC(=O)CCCCCCC/C=C\C/C=C\CCC. The van der Waals surface area contributed by atoms with Gasteiger partial charge in [0.15, 0.2) is 6.10 Å². The summed E-state index contributed by atoms with van der Waals surface area (Å²) >= 11 is 0. The minimum atomic E-state index is -4.93. The molecule has 0 aromatic heterocycles. The first-order chi connectivity index (χ1) is 46.2. The van der Waals surface area contributed by atoms with Crippen molar-refractivity contribution in [3.05, 3.63) is 134 Å². The van der Waals surface area contributed by atoms with Gasteiger partial charge in [0.05, 0.1) is 26.4 Å². The maximum absolute atomic E-state index is 12.9. The molecule has 0 aliphatic heterocycles. The zero-order valence-corrected chi connectivity index (χ0v) is 60.8. The van der Waals surface area contributed by atoms with Crippen LogP contribution < -0.4 is 0 Å². The monoisotopic (exact) mass is 1370 g/mol. The first kappa shape index (κ1) is 90.7. The van der Waals surface area contributed by atoms with Crippen LogP contribution in [-0.4, -0.2) is 95.9 Å². The van der Waals surface area contributed by atoms with Gasteiger partial charge in [-0.3, -0.25) is 32.5 Å². The van der Waals surface area contributed by atoms with E-state index in [9.17, 15) is 43.5 Å². The van der Waals surface area contributed by atoms with E-state index in [1.165, 1.54) is 32.1 Å². The van der Waals surface area contributed by atoms with Crippen LogP contribution in [0, 0.1) is 0 Å². The topological polar surface area (TPSA) is 231 Å². The van der Waals surface area contributed by atoms with Crippen molar-refractivity contribution in [2.75, 3.05) is 39.6 Å². The van der Waals surface area contributed by atoms with Crippen molar-refractivity contribution in [2.24, 2.45) is 0 Å². The predicted molar refractivity (Wildman–Crippen MR) is 390 cm³/mol. The minimum Gasteiger partial charge on any atom is -0.463 e. The Morgan fingerprint density at radius 1 is 0.305 bits per heavy atom. The zero-order valence-electron chi connectivity index (χ0n) is 59.0. The van der Waals surface area contributed by atoms with Crippen LogP contribution in [0.15, 0.2) is 134 Å². The largest absolute Gasteiger partial charge is 0.472 e. The lowest BCUT2D eigenvalue weighted by molar-refractivity contribution is -0.161. The van der Waals surface area contributed by atoms with Crippen molar-refractivity contribution in [3.8, 4) is 0 Å². The van der Waals surface area contributed by atoms with E-state index < -0.39 is 91.5 Å². The molecule has 0 bridgehead atoms. The summed E-state index contributed by atoms with van der Waals surface area (Å²) < 4.78 is 60.9. The lowest BCUT2D eigenvalue weighted by Crippen LogP contribution is -2.30. The Hall–Kier alpha value is -4.31. The number of carbonyl (C=O) groups is 3. The highest BCUT2D eigenvalue weighted by molar-refractivity contribution is 7.47. The molecule has 0 saturated heterocycles. The van der Waals surface area contributed by atoms with Gasteiger partial charge >= 0.3 is 33.6 Å². The lowest BCUT2D eigenvalue weighted by Gasteiger charge is -2.21. The summed E-state index contributed by atoms with van der Waals surface area (Å²) in [4.78, 5) is 58.4. The number of rotatable bonds is 68. The van der Waals surface area contributed by atoms with E-state index in [-0.39, 0.29) is 19.3 Å². The fraction of sp³-hybridized carbons (Fsp3) is 0.675. The van der Waals surface area contributed by atoms with E-state index in [0.29, 0.717) is 19.3 Å². The van der Waals surface area contributed by atoms with Gasteiger partial charge in [-0.25, -0.2) is 9.13 Å². The molecule has 0 saturated carbocycles. The summed E-state index contributed by atoms with van der Waals surface area (Å²) in [5.41, 5.74) is 0. The molecule has 16 nitrogen and oxygen atoms in total. The van der Waals surface area contributed by atoms with E-state index in [2.05, 4.69) is 154 Å². The fourth-order valence-corrected chi connectivity index (χ4v) is 10.9. The number of hydrogen-bond donors (Lipinski definition) is 4. The van der Waals surface area contributed by atoms with Crippen LogP contribution in [0.1, 0.15) is 278 Å². The number of unbranched alkanes of at least 4 members (excludes halogenated alkanes) is 23. The third kappa shape index (κ3) is 70.8. The average molecular weight is 1370 g/mol. The molecule has 0 radical (unpaired) electrons. The predicted octanol–water partition coefficient (Wildman–Crippen LogP) is 20.8. The van der Waals surface area contributed by atoms with Gasteiger partial charge in [0.1, 0.15) is 25.4 Å². The van der Waals surface area contributed by atoms with E-state index in [4.69, 9.17) is 32.3 Å².